The predicted molar refractivity (Wildman–Crippen MR) is 73.1 cm³/mol. The van der Waals surface area contributed by atoms with Crippen LogP contribution in [0.4, 0.5) is 0 Å². The molecule has 0 spiro atoms. The molecule has 0 aromatic heterocycles. The van der Waals surface area contributed by atoms with E-state index >= 15 is 0 Å². The van der Waals surface area contributed by atoms with Gasteiger partial charge < -0.3 is 9.64 Å². The minimum absolute atomic E-state index is 0.765. The van der Waals surface area contributed by atoms with E-state index in [9.17, 15) is 0 Å². The number of benzene rings is 1. The van der Waals surface area contributed by atoms with Crippen molar-refractivity contribution in [1.29, 1.82) is 0 Å². The van der Waals surface area contributed by atoms with E-state index in [2.05, 4.69) is 48.0 Å². The fraction of sp³-hybridized carbons (Fsp3) is 0.600. The number of rotatable bonds is 4. The van der Waals surface area contributed by atoms with Gasteiger partial charge in [0.05, 0.1) is 0 Å². The molecule has 1 aromatic carbocycles. The van der Waals surface area contributed by atoms with Crippen molar-refractivity contribution in [2.75, 3.05) is 33.3 Å². The van der Waals surface area contributed by atoms with Gasteiger partial charge in [0.2, 0.25) is 0 Å². The van der Waals surface area contributed by atoms with Gasteiger partial charge in [0.15, 0.2) is 0 Å². The van der Waals surface area contributed by atoms with Crippen LogP contribution < -0.4 is 4.74 Å². The maximum absolute atomic E-state index is 5.80. The zero-order chi connectivity index (χ0) is 12.5. The van der Waals surface area contributed by atoms with Gasteiger partial charge in [0, 0.05) is 31.7 Å². The van der Waals surface area contributed by atoms with Gasteiger partial charge in [-0.05, 0) is 32.5 Å². The summed E-state index contributed by atoms with van der Waals surface area (Å²) in [6.07, 6.45) is 1.35. The smallest absolute Gasteiger partial charge is 0.119 e. The largest absolute Gasteiger partial charge is 0.492 e. The Morgan fingerprint density at radius 2 is 1.94 bits per heavy atom. The van der Waals surface area contributed by atoms with Crippen molar-refractivity contribution < 1.29 is 4.74 Å². The first-order valence-electron chi connectivity index (χ1n) is 6.86. The third kappa shape index (κ3) is 2.38. The average Bonchev–Trinajstić information content (AvgIpc) is 2.90. The third-order valence-corrected chi connectivity index (χ3v) is 4.30. The number of nitrogens with zero attached hydrogens (tertiary/aromatic N) is 2. The molecule has 2 aliphatic heterocycles. The highest BCUT2D eigenvalue weighted by Gasteiger charge is 2.40. The van der Waals surface area contributed by atoms with Gasteiger partial charge in [-0.3, -0.25) is 4.90 Å². The van der Waals surface area contributed by atoms with Crippen molar-refractivity contribution in [3.8, 4) is 5.75 Å². The summed E-state index contributed by atoms with van der Waals surface area (Å²) in [6, 6.07) is 9.86. The van der Waals surface area contributed by atoms with Crippen LogP contribution in [0.25, 0.3) is 0 Å². The molecule has 3 heteroatoms. The Labute approximate surface area is 109 Å². The summed E-state index contributed by atoms with van der Waals surface area (Å²) in [7, 11) is 2.24. The molecule has 0 saturated carbocycles. The van der Waals surface area contributed by atoms with Gasteiger partial charge in [0.25, 0.3) is 0 Å². The highest BCUT2D eigenvalue weighted by atomic mass is 16.5. The first kappa shape index (κ1) is 12.0. The molecule has 1 aromatic rings. The second-order valence-electron chi connectivity index (χ2n) is 5.64. The summed E-state index contributed by atoms with van der Waals surface area (Å²) in [6.45, 7) is 6.41. The highest BCUT2D eigenvalue weighted by Crippen LogP contribution is 2.28. The monoisotopic (exact) mass is 246 g/mol. The van der Waals surface area contributed by atoms with Crippen molar-refractivity contribution in [2.45, 2.75) is 25.4 Å². The number of hydrogen-bond acceptors (Lipinski definition) is 3. The lowest BCUT2D eigenvalue weighted by atomic mass is 10.2. The van der Waals surface area contributed by atoms with Crippen LogP contribution in [0.3, 0.4) is 0 Å². The van der Waals surface area contributed by atoms with Crippen molar-refractivity contribution in [1.82, 2.24) is 9.80 Å². The van der Waals surface area contributed by atoms with E-state index in [-0.39, 0.29) is 0 Å². The molecule has 2 fully saturated rings. The topological polar surface area (TPSA) is 15.7 Å². The first-order valence-corrected chi connectivity index (χ1v) is 6.86. The molecule has 2 atom stereocenters. The van der Waals surface area contributed by atoms with E-state index in [0.29, 0.717) is 0 Å². The average molecular weight is 246 g/mol. The van der Waals surface area contributed by atoms with Crippen LogP contribution in [-0.4, -0.2) is 55.2 Å². The summed E-state index contributed by atoms with van der Waals surface area (Å²) in [5.74, 6) is 0.988. The molecule has 2 aliphatic rings. The number of hydrogen-bond donors (Lipinski definition) is 0. The van der Waals surface area contributed by atoms with Crippen LogP contribution in [0.1, 0.15) is 12.0 Å². The second kappa shape index (κ2) is 4.90. The van der Waals surface area contributed by atoms with Crippen molar-refractivity contribution in [3.05, 3.63) is 29.8 Å². The molecule has 2 heterocycles. The Morgan fingerprint density at radius 3 is 2.56 bits per heavy atom. The SMILES string of the molecule is Cc1ccc(OCCN2CC3CC2CN3C)cc1. The van der Waals surface area contributed by atoms with E-state index < -0.39 is 0 Å². The van der Waals surface area contributed by atoms with Gasteiger partial charge >= 0.3 is 0 Å². The van der Waals surface area contributed by atoms with Crippen LogP contribution in [0, 0.1) is 6.92 Å². The summed E-state index contributed by atoms with van der Waals surface area (Å²) < 4.78 is 5.80. The predicted octanol–water partition coefficient (Wildman–Crippen LogP) is 1.76. The number of fused-ring (bicyclic) bond motifs is 2. The molecular weight excluding hydrogens is 224 g/mol. The van der Waals surface area contributed by atoms with Gasteiger partial charge in [-0.25, -0.2) is 0 Å². The molecule has 98 valence electrons. The van der Waals surface area contributed by atoms with Crippen LogP contribution in [0.2, 0.25) is 0 Å². The van der Waals surface area contributed by atoms with E-state index in [4.69, 9.17) is 4.74 Å². The van der Waals surface area contributed by atoms with Gasteiger partial charge in [0.1, 0.15) is 12.4 Å². The molecule has 0 radical (unpaired) electrons. The Bertz CT molecular complexity index is 401. The van der Waals surface area contributed by atoms with Crippen LogP contribution in [-0.2, 0) is 0 Å². The lowest BCUT2D eigenvalue weighted by Gasteiger charge is -2.31. The van der Waals surface area contributed by atoms with Crippen LogP contribution in [0.15, 0.2) is 24.3 Å². The first-order chi connectivity index (χ1) is 8.72. The maximum atomic E-state index is 5.80. The van der Waals surface area contributed by atoms with Crippen molar-refractivity contribution in [3.63, 3.8) is 0 Å². The summed E-state index contributed by atoms with van der Waals surface area (Å²) in [4.78, 5) is 5.07. The number of ether oxygens (including phenoxy) is 1. The zero-order valence-corrected chi connectivity index (χ0v) is 11.3. The number of likely N-dealkylation sites (tertiary alicyclic amines) is 2. The number of aryl methyl sites for hydroxylation is 1. The molecule has 0 N–H and O–H groups in total. The summed E-state index contributed by atoms with van der Waals surface area (Å²) in [5.41, 5.74) is 1.28. The lowest BCUT2D eigenvalue weighted by Crippen LogP contribution is -2.45. The van der Waals surface area contributed by atoms with Crippen molar-refractivity contribution in [2.24, 2.45) is 0 Å². The minimum Gasteiger partial charge on any atom is -0.492 e. The number of piperazine rings is 1. The molecule has 3 nitrogen and oxygen atoms in total. The molecule has 18 heavy (non-hydrogen) atoms. The van der Waals surface area contributed by atoms with E-state index in [1.165, 1.54) is 25.1 Å². The normalized spacial score (nSPS) is 27.9. The molecular formula is C15H22N2O. The fourth-order valence-corrected chi connectivity index (χ4v) is 3.14. The molecule has 0 amide bonds. The molecule has 2 unspecified atom stereocenters. The number of likely N-dealkylation sites (N-methyl/N-ethyl adjacent to an activating group) is 1. The van der Waals surface area contributed by atoms with E-state index in [1.807, 2.05) is 0 Å². The van der Waals surface area contributed by atoms with E-state index in [1.54, 1.807) is 0 Å². The summed E-state index contributed by atoms with van der Waals surface area (Å²) >= 11 is 0. The quantitative estimate of drug-likeness (QED) is 0.805. The second-order valence-corrected chi connectivity index (χ2v) is 5.64. The Morgan fingerprint density at radius 1 is 1.17 bits per heavy atom. The minimum atomic E-state index is 0.765. The molecule has 0 aliphatic carbocycles. The third-order valence-electron chi connectivity index (χ3n) is 4.30. The van der Waals surface area contributed by atoms with Crippen LogP contribution >= 0.6 is 0 Å². The standard InChI is InChI=1S/C15H22N2O/c1-12-3-5-15(6-4-12)18-8-7-17-11-13-9-14(17)10-16(13)2/h3-6,13-14H,7-11H2,1-2H3. The molecule has 3 rings (SSSR count). The van der Waals surface area contributed by atoms with Gasteiger partial charge in [-0.1, -0.05) is 17.7 Å². The Balaban J connectivity index is 1.44. The Hall–Kier alpha value is -1.06. The fourth-order valence-electron chi connectivity index (χ4n) is 3.14. The lowest BCUT2D eigenvalue weighted by molar-refractivity contribution is 0.129. The van der Waals surface area contributed by atoms with Crippen LogP contribution in [0.5, 0.6) is 5.75 Å². The zero-order valence-electron chi connectivity index (χ0n) is 11.3. The Kier molecular flexibility index (Phi) is 3.27. The van der Waals surface area contributed by atoms with Gasteiger partial charge in [-0.15, -0.1) is 0 Å². The molecule has 2 bridgehead atoms. The van der Waals surface area contributed by atoms with Gasteiger partial charge in [-0.2, -0.15) is 0 Å². The maximum Gasteiger partial charge on any atom is 0.119 e. The highest BCUT2D eigenvalue weighted by molar-refractivity contribution is 5.26. The molecule has 2 saturated heterocycles. The van der Waals surface area contributed by atoms with E-state index in [0.717, 1.165) is 31.0 Å². The van der Waals surface area contributed by atoms with Crippen molar-refractivity contribution >= 4 is 0 Å². The summed E-state index contributed by atoms with van der Waals surface area (Å²) in [5, 5.41) is 0.